The van der Waals surface area contributed by atoms with Crippen LogP contribution >= 0.6 is 0 Å². The first kappa shape index (κ1) is 10.4. The van der Waals surface area contributed by atoms with Gasteiger partial charge in [0.1, 0.15) is 0 Å². The van der Waals surface area contributed by atoms with Crippen molar-refractivity contribution in [2.24, 2.45) is 17.6 Å². The Morgan fingerprint density at radius 3 is 2.57 bits per heavy atom. The van der Waals surface area contributed by atoms with Crippen LogP contribution in [0, 0.1) is 11.8 Å². The van der Waals surface area contributed by atoms with E-state index in [-0.39, 0.29) is 0 Å². The minimum Gasteiger partial charge on any atom is -0.326 e. The van der Waals surface area contributed by atoms with Crippen LogP contribution in [0.4, 0.5) is 0 Å². The van der Waals surface area contributed by atoms with E-state index >= 15 is 0 Å². The fourth-order valence-electron chi connectivity index (χ4n) is 2.90. The van der Waals surface area contributed by atoms with Gasteiger partial charge in [-0.3, -0.25) is 0 Å². The summed E-state index contributed by atoms with van der Waals surface area (Å²) in [5.74, 6) is 1.56. The molecule has 0 aromatic carbocycles. The van der Waals surface area contributed by atoms with E-state index in [1.807, 2.05) is 0 Å². The molecule has 14 heavy (non-hydrogen) atoms. The van der Waals surface area contributed by atoms with E-state index in [1.165, 1.54) is 32.4 Å². The van der Waals surface area contributed by atoms with Crippen molar-refractivity contribution >= 4 is 0 Å². The van der Waals surface area contributed by atoms with Gasteiger partial charge in [-0.15, -0.1) is 0 Å². The van der Waals surface area contributed by atoms with Crippen LogP contribution in [0.3, 0.4) is 0 Å². The van der Waals surface area contributed by atoms with Crippen molar-refractivity contribution in [1.82, 2.24) is 10.6 Å². The summed E-state index contributed by atoms with van der Waals surface area (Å²) in [4.78, 5) is 0. The maximum atomic E-state index is 6.22. The van der Waals surface area contributed by atoms with Gasteiger partial charge in [0.15, 0.2) is 0 Å². The van der Waals surface area contributed by atoms with Crippen LogP contribution in [0.5, 0.6) is 0 Å². The molecule has 0 aromatic heterocycles. The number of hydrogen-bond donors (Lipinski definition) is 3. The van der Waals surface area contributed by atoms with Gasteiger partial charge in [0.25, 0.3) is 0 Å². The Balaban J connectivity index is 1.89. The van der Waals surface area contributed by atoms with Crippen molar-refractivity contribution in [3.05, 3.63) is 0 Å². The number of nitrogens with one attached hydrogen (secondary N) is 2. The molecule has 2 saturated heterocycles. The SMILES string of the molecule is CC1CNC(C2CCNCC2)C(N)C1. The molecule has 3 nitrogen and oxygen atoms in total. The molecule has 3 unspecified atom stereocenters. The predicted octanol–water partition coefficient (Wildman–Crippen LogP) is 0.311. The predicted molar refractivity (Wildman–Crippen MR) is 59.1 cm³/mol. The molecule has 82 valence electrons. The molecular formula is C11H23N3. The van der Waals surface area contributed by atoms with Gasteiger partial charge in [0, 0.05) is 12.1 Å². The van der Waals surface area contributed by atoms with Crippen LogP contribution in [-0.2, 0) is 0 Å². The second-order valence-electron chi connectivity index (χ2n) is 5.03. The van der Waals surface area contributed by atoms with Crippen molar-refractivity contribution in [1.29, 1.82) is 0 Å². The number of hydrogen-bond acceptors (Lipinski definition) is 3. The van der Waals surface area contributed by atoms with Crippen LogP contribution in [0.2, 0.25) is 0 Å². The van der Waals surface area contributed by atoms with Gasteiger partial charge in [0.05, 0.1) is 0 Å². The van der Waals surface area contributed by atoms with E-state index in [0.29, 0.717) is 12.1 Å². The standard InChI is InChI=1S/C11H23N3/c1-8-6-10(12)11(14-7-8)9-2-4-13-5-3-9/h8-11,13-14H,2-7,12H2,1H3. The molecule has 3 heteroatoms. The summed E-state index contributed by atoms with van der Waals surface area (Å²) in [5, 5.41) is 7.04. The summed E-state index contributed by atoms with van der Waals surface area (Å²) in [6.45, 7) is 5.78. The lowest BCUT2D eigenvalue weighted by molar-refractivity contribution is 0.192. The molecule has 0 saturated carbocycles. The maximum absolute atomic E-state index is 6.22. The van der Waals surface area contributed by atoms with Crippen LogP contribution in [-0.4, -0.2) is 31.7 Å². The minimum atomic E-state index is 0.377. The summed E-state index contributed by atoms with van der Waals surface area (Å²) in [6.07, 6.45) is 3.78. The Kier molecular flexibility index (Phi) is 3.42. The molecule has 2 fully saturated rings. The van der Waals surface area contributed by atoms with E-state index < -0.39 is 0 Å². The lowest BCUT2D eigenvalue weighted by atomic mass is 9.80. The molecule has 0 aromatic rings. The van der Waals surface area contributed by atoms with Gasteiger partial charge >= 0.3 is 0 Å². The van der Waals surface area contributed by atoms with Crippen molar-refractivity contribution in [3.8, 4) is 0 Å². The topological polar surface area (TPSA) is 50.1 Å². The molecule has 0 spiro atoms. The maximum Gasteiger partial charge on any atom is 0.0248 e. The smallest absolute Gasteiger partial charge is 0.0248 e. The molecule has 2 rings (SSSR count). The highest BCUT2D eigenvalue weighted by Crippen LogP contribution is 2.24. The van der Waals surface area contributed by atoms with Gasteiger partial charge in [-0.25, -0.2) is 0 Å². The largest absolute Gasteiger partial charge is 0.326 e. The zero-order valence-corrected chi connectivity index (χ0v) is 9.13. The highest BCUT2D eigenvalue weighted by atomic mass is 15.0. The summed E-state index contributed by atoms with van der Waals surface area (Å²) in [7, 11) is 0. The average molecular weight is 197 g/mol. The van der Waals surface area contributed by atoms with Gasteiger partial charge < -0.3 is 16.4 Å². The third kappa shape index (κ3) is 2.27. The summed E-state index contributed by atoms with van der Waals surface area (Å²) < 4.78 is 0. The van der Waals surface area contributed by atoms with E-state index in [1.54, 1.807) is 0 Å². The van der Waals surface area contributed by atoms with Crippen molar-refractivity contribution in [2.75, 3.05) is 19.6 Å². The monoisotopic (exact) mass is 197 g/mol. The second-order valence-corrected chi connectivity index (χ2v) is 5.03. The Morgan fingerprint density at radius 2 is 1.93 bits per heavy atom. The van der Waals surface area contributed by atoms with Crippen LogP contribution in [0.1, 0.15) is 26.2 Å². The second kappa shape index (κ2) is 4.60. The molecule has 0 aliphatic carbocycles. The van der Waals surface area contributed by atoms with Gasteiger partial charge in [0.2, 0.25) is 0 Å². The molecular weight excluding hydrogens is 174 g/mol. The molecule has 0 bridgehead atoms. The van der Waals surface area contributed by atoms with Gasteiger partial charge in [-0.2, -0.15) is 0 Å². The average Bonchev–Trinajstić information content (AvgIpc) is 2.19. The van der Waals surface area contributed by atoms with E-state index in [2.05, 4.69) is 17.6 Å². The van der Waals surface area contributed by atoms with E-state index in [9.17, 15) is 0 Å². The Hall–Kier alpha value is -0.120. The molecule has 0 amide bonds. The van der Waals surface area contributed by atoms with Crippen LogP contribution in [0.25, 0.3) is 0 Å². The summed E-state index contributed by atoms with van der Waals surface area (Å²) >= 11 is 0. The molecule has 3 atom stereocenters. The van der Waals surface area contributed by atoms with Crippen LogP contribution in [0.15, 0.2) is 0 Å². The molecule has 2 aliphatic heterocycles. The summed E-state index contributed by atoms with van der Waals surface area (Å²) in [6, 6.07) is 0.954. The fraction of sp³-hybridized carbons (Fsp3) is 1.00. The highest BCUT2D eigenvalue weighted by Gasteiger charge is 2.32. The Labute approximate surface area is 86.8 Å². The zero-order valence-electron chi connectivity index (χ0n) is 9.13. The van der Waals surface area contributed by atoms with E-state index in [4.69, 9.17) is 5.73 Å². The number of nitrogens with two attached hydrogens (primary N) is 1. The quantitative estimate of drug-likeness (QED) is 0.567. The molecule has 2 heterocycles. The lowest BCUT2D eigenvalue weighted by Crippen LogP contribution is -2.57. The lowest BCUT2D eigenvalue weighted by Gasteiger charge is -2.40. The highest BCUT2D eigenvalue weighted by molar-refractivity contribution is 4.92. The van der Waals surface area contributed by atoms with Crippen molar-refractivity contribution < 1.29 is 0 Å². The first-order valence-corrected chi connectivity index (χ1v) is 5.97. The third-order valence-electron chi connectivity index (χ3n) is 3.73. The first-order valence-electron chi connectivity index (χ1n) is 5.97. The Morgan fingerprint density at radius 1 is 1.21 bits per heavy atom. The fourth-order valence-corrected chi connectivity index (χ4v) is 2.90. The zero-order chi connectivity index (χ0) is 9.97. The van der Waals surface area contributed by atoms with Crippen molar-refractivity contribution in [2.45, 2.75) is 38.3 Å². The first-order chi connectivity index (χ1) is 6.77. The van der Waals surface area contributed by atoms with Gasteiger partial charge in [-0.05, 0) is 50.7 Å². The number of rotatable bonds is 1. The third-order valence-corrected chi connectivity index (χ3v) is 3.73. The van der Waals surface area contributed by atoms with E-state index in [0.717, 1.165) is 18.4 Å². The molecule has 0 radical (unpaired) electrons. The molecule has 2 aliphatic rings. The summed E-state index contributed by atoms with van der Waals surface area (Å²) in [5.41, 5.74) is 6.22. The van der Waals surface area contributed by atoms with Crippen LogP contribution < -0.4 is 16.4 Å². The minimum absolute atomic E-state index is 0.377. The number of piperidine rings is 2. The normalized spacial score (nSPS) is 41.1. The van der Waals surface area contributed by atoms with Crippen molar-refractivity contribution in [3.63, 3.8) is 0 Å². The van der Waals surface area contributed by atoms with Gasteiger partial charge in [-0.1, -0.05) is 6.92 Å². The Bertz CT molecular complexity index is 177. The molecule has 4 N–H and O–H groups in total.